The van der Waals surface area contributed by atoms with Crippen molar-refractivity contribution >= 4 is 23.6 Å². The molecule has 2 N–H and O–H groups in total. The van der Waals surface area contributed by atoms with Crippen molar-refractivity contribution in [3.8, 4) is 5.75 Å². The number of anilines is 3. The number of hydrogen-bond acceptors (Lipinski definition) is 8. The quantitative estimate of drug-likeness (QED) is 0.759. The maximum absolute atomic E-state index is 12.2. The van der Waals surface area contributed by atoms with Gasteiger partial charge in [-0.3, -0.25) is 0 Å². The summed E-state index contributed by atoms with van der Waals surface area (Å²) in [4.78, 5) is 29.5. The molecule has 1 aliphatic heterocycles. The molecule has 1 aromatic heterocycles. The van der Waals surface area contributed by atoms with Crippen LogP contribution in [0, 0.1) is 0 Å². The van der Waals surface area contributed by atoms with E-state index in [2.05, 4.69) is 30.5 Å². The summed E-state index contributed by atoms with van der Waals surface area (Å²) in [6.07, 6.45) is 0. The summed E-state index contributed by atoms with van der Waals surface area (Å²) in [7, 11) is 5.31. The maximum Gasteiger partial charge on any atom is 0.319 e. The zero-order chi connectivity index (χ0) is 19.9. The van der Waals surface area contributed by atoms with E-state index in [1.54, 1.807) is 25.3 Å². The van der Waals surface area contributed by atoms with Gasteiger partial charge in [-0.1, -0.05) is 6.07 Å². The Balaban J connectivity index is 1.66. The van der Waals surface area contributed by atoms with Gasteiger partial charge in [0.2, 0.25) is 11.9 Å². The Morgan fingerprint density at radius 3 is 2.75 bits per heavy atom. The molecule has 1 fully saturated rings. The first kappa shape index (κ1) is 19.6. The number of morpholine rings is 1. The maximum atomic E-state index is 12.2. The molecule has 0 bridgehead atoms. The highest BCUT2D eigenvalue weighted by Gasteiger charge is 2.17. The molecule has 150 valence electrons. The van der Waals surface area contributed by atoms with Crippen LogP contribution in [0.4, 0.5) is 22.4 Å². The number of ether oxygens (including phenoxy) is 2. The summed E-state index contributed by atoms with van der Waals surface area (Å²) in [6, 6.07) is 6.78. The molecule has 10 heteroatoms. The predicted molar refractivity (Wildman–Crippen MR) is 106 cm³/mol. The Morgan fingerprint density at radius 1 is 1.25 bits per heavy atom. The molecule has 0 atom stereocenters. The second-order valence-corrected chi connectivity index (χ2v) is 6.39. The van der Waals surface area contributed by atoms with E-state index in [-0.39, 0.29) is 12.6 Å². The first-order chi connectivity index (χ1) is 13.5. The van der Waals surface area contributed by atoms with E-state index in [4.69, 9.17) is 9.47 Å². The van der Waals surface area contributed by atoms with Crippen LogP contribution in [0.3, 0.4) is 0 Å². The van der Waals surface area contributed by atoms with Gasteiger partial charge in [0.05, 0.1) is 26.9 Å². The minimum Gasteiger partial charge on any atom is -0.497 e. The van der Waals surface area contributed by atoms with Crippen LogP contribution >= 0.6 is 0 Å². The largest absolute Gasteiger partial charge is 0.497 e. The number of aromatic nitrogens is 3. The second kappa shape index (κ2) is 9.18. The number of carbonyl (C=O) groups excluding carboxylic acids is 1. The van der Waals surface area contributed by atoms with Gasteiger partial charge in [-0.2, -0.15) is 15.0 Å². The van der Waals surface area contributed by atoms with Crippen LogP contribution in [-0.2, 0) is 11.3 Å². The Hall–Kier alpha value is -3.14. The van der Waals surface area contributed by atoms with E-state index in [1.807, 2.05) is 25.1 Å². The van der Waals surface area contributed by atoms with Gasteiger partial charge in [0.1, 0.15) is 5.75 Å². The lowest BCUT2D eigenvalue weighted by molar-refractivity contribution is 0.122. The highest BCUT2D eigenvalue weighted by molar-refractivity contribution is 5.89. The number of hydrogen-bond donors (Lipinski definition) is 2. The topological polar surface area (TPSA) is 105 Å². The molecular weight excluding hydrogens is 362 g/mol. The Bertz CT molecular complexity index is 810. The number of urea groups is 1. The lowest BCUT2D eigenvalue weighted by Crippen LogP contribution is -2.38. The Kier molecular flexibility index (Phi) is 6.43. The number of amides is 2. The molecule has 1 aliphatic rings. The predicted octanol–water partition coefficient (Wildman–Crippen LogP) is 1.10. The van der Waals surface area contributed by atoms with Gasteiger partial charge < -0.3 is 29.9 Å². The van der Waals surface area contributed by atoms with Crippen molar-refractivity contribution in [3.63, 3.8) is 0 Å². The van der Waals surface area contributed by atoms with Crippen molar-refractivity contribution in [2.24, 2.45) is 0 Å². The molecule has 2 amide bonds. The van der Waals surface area contributed by atoms with Crippen LogP contribution in [0.2, 0.25) is 0 Å². The second-order valence-electron chi connectivity index (χ2n) is 6.39. The van der Waals surface area contributed by atoms with Gasteiger partial charge in [-0.05, 0) is 12.1 Å². The van der Waals surface area contributed by atoms with Gasteiger partial charge in [0.25, 0.3) is 0 Å². The Morgan fingerprint density at radius 2 is 2.04 bits per heavy atom. The lowest BCUT2D eigenvalue weighted by atomic mass is 10.3. The molecule has 1 saturated heterocycles. The Labute approximate surface area is 163 Å². The number of nitrogens with one attached hydrogen (secondary N) is 2. The van der Waals surface area contributed by atoms with Crippen molar-refractivity contribution in [3.05, 3.63) is 30.1 Å². The van der Waals surface area contributed by atoms with Crippen LogP contribution in [0.1, 0.15) is 5.82 Å². The normalized spacial score (nSPS) is 13.8. The molecule has 10 nitrogen and oxygen atoms in total. The zero-order valence-electron chi connectivity index (χ0n) is 16.3. The first-order valence-corrected chi connectivity index (χ1v) is 8.99. The van der Waals surface area contributed by atoms with E-state index < -0.39 is 0 Å². The van der Waals surface area contributed by atoms with E-state index in [9.17, 15) is 4.79 Å². The molecule has 0 saturated carbocycles. The third-order valence-electron chi connectivity index (χ3n) is 4.09. The van der Waals surface area contributed by atoms with Crippen LogP contribution < -0.4 is 25.2 Å². The average molecular weight is 387 g/mol. The van der Waals surface area contributed by atoms with Crippen LogP contribution in [0.5, 0.6) is 5.75 Å². The van der Waals surface area contributed by atoms with Crippen LogP contribution in [-0.4, -0.2) is 68.5 Å². The van der Waals surface area contributed by atoms with E-state index >= 15 is 0 Å². The smallest absolute Gasteiger partial charge is 0.319 e. The fraction of sp³-hybridized carbons (Fsp3) is 0.444. The molecule has 0 aliphatic carbocycles. The number of nitrogens with zero attached hydrogens (tertiary/aromatic N) is 5. The van der Waals surface area contributed by atoms with E-state index in [0.717, 1.165) is 13.1 Å². The van der Waals surface area contributed by atoms with Crippen molar-refractivity contribution in [2.75, 3.05) is 62.6 Å². The third-order valence-corrected chi connectivity index (χ3v) is 4.09. The molecule has 0 unspecified atom stereocenters. The SMILES string of the molecule is COc1cccc(NC(=O)NCc2nc(N(C)C)nc(N3CCOCC3)n2)c1. The minimum absolute atomic E-state index is 0.177. The molecular formula is C18H25N7O3. The van der Waals surface area contributed by atoms with Crippen LogP contribution in [0.15, 0.2) is 24.3 Å². The highest BCUT2D eigenvalue weighted by Crippen LogP contribution is 2.17. The van der Waals surface area contributed by atoms with Crippen molar-refractivity contribution in [1.29, 1.82) is 0 Å². The summed E-state index contributed by atoms with van der Waals surface area (Å²) in [5, 5.41) is 5.54. The van der Waals surface area contributed by atoms with Gasteiger partial charge in [-0.25, -0.2) is 4.79 Å². The summed E-state index contributed by atoms with van der Waals surface area (Å²) in [5.74, 6) is 2.29. The fourth-order valence-electron chi connectivity index (χ4n) is 2.61. The number of methoxy groups -OCH3 is 1. The minimum atomic E-state index is -0.354. The molecule has 0 spiro atoms. The molecule has 2 aromatic rings. The van der Waals surface area contributed by atoms with Gasteiger partial charge in [-0.15, -0.1) is 0 Å². The van der Waals surface area contributed by atoms with Gasteiger partial charge >= 0.3 is 6.03 Å². The molecule has 0 radical (unpaired) electrons. The number of benzene rings is 1. The fourth-order valence-corrected chi connectivity index (χ4v) is 2.61. The molecule has 28 heavy (non-hydrogen) atoms. The summed E-state index contributed by atoms with van der Waals surface area (Å²) < 4.78 is 10.5. The molecule has 1 aromatic carbocycles. The van der Waals surface area contributed by atoms with Crippen LogP contribution in [0.25, 0.3) is 0 Å². The highest BCUT2D eigenvalue weighted by atomic mass is 16.5. The standard InChI is InChI=1S/C18H25N7O3/c1-24(2)16-21-15(22-17(23-16)25-7-9-28-10-8-25)12-19-18(26)20-13-5-4-6-14(11-13)27-3/h4-6,11H,7-10,12H2,1-3H3,(H2,19,20,26). The van der Waals surface area contributed by atoms with E-state index in [0.29, 0.717) is 42.4 Å². The molecule has 3 rings (SSSR count). The zero-order valence-corrected chi connectivity index (χ0v) is 16.3. The van der Waals surface area contributed by atoms with Gasteiger partial charge in [0, 0.05) is 38.9 Å². The number of rotatable bonds is 6. The lowest BCUT2D eigenvalue weighted by Gasteiger charge is -2.27. The summed E-state index contributed by atoms with van der Waals surface area (Å²) in [6.45, 7) is 2.90. The molecule has 2 heterocycles. The van der Waals surface area contributed by atoms with Crippen molar-refractivity contribution in [2.45, 2.75) is 6.54 Å². The van der Waals surface area contributed by atoms with Gasteiger partial charge in [0.15, 0.2) is 5.82 Å². The number of carbonyl (C=O) groups is 1. The van der Waals surface area contributed by atoms with Crippen molar-refractivity contribution < 1.29 is 14.3 Å². The first-order valence-electron chi connectivity index (χ1n) is 8.99. The monoisotopic (exact) mass is 387 g/mol. The summed E-state index contributed by atoms with van der Waals surface area (Å²) >= 11 is 0. The third kappa shape index (κ3) is 5.19. The van der Waals surface area contributed by atoms with Crippen molar-refractivity contribution in [1.82, 2.24) is 20.3 Å². The van der Waals surface area contributed by atoms with E-state index in [1.165, 1.54) is 0 Å². The average Bonchev–Trinajstić information content (AvgIpc) is 2.73. The summed E-state index contributed by atoms with van der Waals surface area (Å²) in [5.41, 5.74) is 0.635.